The molecule has 1 aliphatic carbocycles. The van der Waals surface area contributed by atoms with Gasteiger partial charge in [-0.1, -0.05) is 12.8 Å². The van der Waals surface area contributed by atoms with E-state index in [2.05, 4.69) is 5.32 Å². The van der Waals surface area contributed by atoms with Crippen molar-refractivity contribution in [1.29, 1.82) is 0 Å². The zero-order chi connectivity index (χ0) is 13.3. The summed E-state index contributed by atoms with van der Waals surface area (Å²) in [7, 11) is 1.72. The third kappa shape index (κ3) is 2.71. The third-order valence-electron chi connectivity index (χ3n) is 5.18. The van der Waals surface area contributed by atoms with Crippen LogP contribution in [0.1, 0.15) is 44.9 Å². The predicted molar refractivity (Wildman–Crippen MR) is 72.1 cm³/mol. The smallest absolute Gasteiger partial charge is 0.153 e. The van der Waals surface area contributed by atoms with Crippen LogP contribution in [0.2, 0.25) is 0 Å². The average Bonchev–Trinajstić information content (AvgIpc) is 3.07. The molecule has 4 heteroatoms. The van der Waals surface area contributed by atoms with Crippen molar-refractivity contribution >= 4 is 5.78 Å². The number of ether oxygens (including phenoxy) is 2. The first kappa shape index (κ1) is 13.5. The molecule has 3 unspecified atom stereocenters. The van der Waals surface area contributed by atoms with Gasteiger partial charge in [0.1, 0.15) is 0 Å². The van der Waals surface area contributed by atoms with E-state index in [-0.39, 0.29) is 23.7 Å². The first-order chi connectivity index (χ1) is 9.22. The molecule has 0 bridgehead atoms. The Balaban J connectivity index is 1.60. The Morgan fingerprint density at radius 2 is 2.16 bits per heavy atom. The van der Waals surface area contributed by atoms with Crippen molar-refractivity contribution in [2.45, 2.75) is 62.7 Å². The lowest BCUT2D eigenvalue weighted by Crippen LogP contribution is -2.44. The lowest BCUT2D eigenvalue weighted by molar-refractivity contribution is -0.138. The van der Waals surface area contributed by atoms with Crippen molar-refractivity contribution in [3.05, 3.63) is 0 Å². The Kier molecular flexibility index (Phi) is 3.92. The summed E-state index contributed by atoms with van der Waals surface area (Å²) in [6.07, 6.45) is 7.69. The highest BCUT2D eigenvalue weighted by molar-refractivity contribution is 5.86. The Morgan fingerprint density at radius 3 is 2.84 bits per heavy atom. The maximum Gasteiger partial charge on any atom is 0.153 e. The van der Waals surface area contributed by atoms with E-state index < -0.39 is 0 Å². The highest BCUT2D eigenvalue weighted by Gasteiger charge is 2.44. The van der Waals surface area contributed by atoms with Gasteiger partial charge in [-0.15, -0.1) is 0 Å². The Bertz CT molecular complexity index is 338. The zero-order valence-corrected chi connectivity index (χ0v) is 11.8. The lowest BCUT2D eigenvalue weighted by atomic mass is 9.80. The molecule has 0 aromatic carbocycles. The Morgan fingerprint density at radius 1 is 1.37 bits per heavy atom. The van der Waals surface area contributed by atoms with Gasteiger partial charge in [-0.2, -0.15) is 0 Å². The molecule has 2 heterocycles. The molecule has 2 saturated heterocycles. The summed E-state index contributed by atoms with van der Waals surface area (Å²) in [6, 6.07) is 0.00602. The number of nitrogens with one attached hydrogen (secondary N) is 1. The minimum atomic E-state index is 0.00602. The molecule has 108 valence electrons. The van der Waals surface area contributed by atoms with Crippen LogP contribution in [0.4, 0.5) is 0 Å². The lowest BCUT2D eigenvalue weighted by Gasteiger charge is -2.38. The molecule has 1 saturated carbocycles. The molecule has 3 atom stereocenters. The van der Waals surface area contributed by atoms with Gasteiger partial charge in [0, 0.05) is 26.2 Å². The average molecular weight is 267 g/mol. The molecule has 3 aliphatic rings. The van der Waals surface area contributed by atoms with E-state index >= 15 is 0 Å². The van der Waals surface area contributed by atoms with Gasteiger partial charge in [-0.05, 0) is 32.1 Å². The molecular formula is C15H25NO3. The number of ketones is 1. The van der Waals surface area contributed by atoms with Gasteiger partial charge in [-0.25, -0.2) is 0 Å². The molecular weight excluding hydrogens is 242 g/mol. The fourth-order valence-electron chi connectivity index (χ4n) is 4.02. The molecule has 3 rings (SSSR count). The maximum atomic E-state index is 12.6. The van der Waals surface area contributed by atoms with Gasteiger partial charge in [-0.3, -0.25) is 4.79 Å². The van der Waals surface area contributed by atoms with E-state index in [1.807, 2.05) is 0 Å². The van der Waals surface area contributed by atoms with Crippen LogP contribution in [0.3, 0.4) is 0 Å². The van der Waals surface area contributed by atoms with Crippen molar-refractivity contribution in [3.63, 3.8) is 0 Å². The van der Waals surface area contributed by atoms with E-state index in [1.165, 1.54) is 12.8 Å². The molecule has 0 amide bonds. The minimum Gasteiger partial charge on any atom is -0.380 e. The summed E-state index contributed by atoms with van der Waals surface area (Å²) in [5.74, 6) is 0.592. The highest BCUT2D eigenvalue weighted by Crippen LogP contribution is 2.42. The van der Waals surface area contributed by atoms with E-state index in [4.69, 9.17) is 9.47 Å². The van der Waals surface area contributed by atoms with E-state index in [0.717, 1.165) is 45.3 Å². The second kappa shape index (κ2) is 5.51. The van der Waals surface area contributed by atoms with Crippen LogP contribution in [0.25, 0.3) is 0 Å². The summed E-state index contributed by atoms with van der Waals surface area (Å²) in [5, 5.41) is 3.32. The molecule has 3 fully saturated rings. The largest absolute Gasteiger partial charge is 0.380 e. The van der Waals surface area contributed by atoms with E-state index in [9.17, 15) is 4.79 Å². The monoisotopic (exact) mass is 267 g/mol. The van der Waals surface area contributed by atoms with Gasteiger partial charge in [0.05, 0.1) is 17.7 Å². The minimum absolute atomic E-state index is 0.00602. The van der Waals surface area contributed by atoms with Crippen LogP contribution in [-0.2, 0) is 14.3 Å². The van der Waals surface area contributed by atoms with Crippen LogP contribution in [0, 0.1) is 5.92 Å². The number of Topliss-reactive ketones (excluding diaryl/α,β-unsaturated/α-hetero) is 1. The molecule has 4 nitrogen and oxygen atoms in total. The van der Waals surface area contributed by atoms with Gasteiger partial charge >= 0.3 is 0 Å². The molecule has 0 radical (unpaired) electrons. The Labute approximate surface area is 115 Å². The SMILES string of the molecule is COC1CNC(C(=O)C2CCOC3(CCCC3)C2)C1. The van der Waals surface area contributed by atoms with Crippen molar-refractivity contribution in [2.24, 2.45) is 5.92 Å². The van der Waals surface area contributed by atoms with Gasteiger partial charge in [0.25, 0.3) is 0 Å². The third-order valence-corrected chi connectivity index (χ3v) is 5.18. The van der Waals surface area contributed by atoms with Gasteiger partial charge < -0.3 is 14.8 Å². The summed E-state index contributed by atoms with van der Waals surface area (Å²) < 4.78 is 11.3. The summed E-state index contributed by atoms with van der Waals surface area (Å²) in [6.45, 7) is 1.57. The number of carbonyl (C=O) groups is 1. The topological polar surface area (TPSA) is 47.6 Å². The van der Waals surface area contributed by atoms with Crippen molar-refractivity contribution in [2.75, 3.05) is 20.3 Å². The molecule has 0 aromatic heterocycles. The number of hydrogen-bond donors (Lipinski definition) is 1. The fraction of sp³-hybridized carbons (Fsp3) is 0.933. The number of carbonyl (C=O) groups excluding carboxylic acids is 1. The van der Waals surface area contributed by atoms with Gasteiger partial charge in [0.15, 0.2) is 5.78 Å². The van der Waals surface area contributed by atoms with Crippen molar-refractivity contribution in [1.82, 2.24) is 5.32 Å². The molecule has 19 heavy (non-hydrogen) atoms. The first-order valence-electron chi connectivity index (χ1n) is 7.66. The first-order valence-corrected chi connectivity index (χ1v) is 7.66. The van der Waals surface area contributed by atoms with Crippen LogP contribution >= 0.6 is 0 Å². The van der Waals surface area contributed by atoms with Crippen LogP contribution < -0.4 is 5.32 Å². The zero-order valence-electron chi connectivity index (χ0n) is 11.8. The van der Waals surface area contributed by atoms with Gasteiger partial charge in [0.2, 0.25) is 0 Å². The maximum absolute atomic E-state index is 12.6. The summed E-state index contributed by atoms with van der Waals surface area (Å²) in [5.41, 5.74) is 0.0395. The summed E-state index contributed by atoms with van der Waals surface area (Å²) >= 11 is 0. The summed E-state index contributed by atoms with van der Waals surface area (Å²) in [4.78, 5) is 12.6. The molecule has 1 spiro atoms. The van der Waals surface area contributed by atoms with Crippen LogP contribution in [0.5, 0.6) is 0 Å². The van der Waals surface area contributed by atoms with E-state index in [0.29, 0.717) is 5.78 Å². The molecule has 1 N–H and O–H groups in total. The van der Waals surface area contributed by atoms with Crippen molar-refractivity contribution in [3.8, 4) is 0 Å². The Hall–Kier alpha value is -0.450. The predicted octanol–water partition coefficient (Wildman–Crippen LogP) is 1.67. The second-order valence-corrected chi connectivity index (χ2v) is 6.38. The quantitative estimate of drug-likeness (QED) is 0.845. The highest BCUT2D eigenvalue weighted by atomic mass is 16.5. The second-order valence-electron chi connectivity index (χ2n) is 6.38. The standard InChI is InChI=1S/C15H25NO3/c1-18-12-8-13(16-10-12)14(17)11-4-7-19-15(9-11)5-2-3-6-15/h11-13,16H,2-10H2,1H3. The van der Waals surface area contributed by atoms with Crippen molar-refractivity contribution < 1.29 is 14.3 Å². The number of rotatable bonds is 3. The van der Waals surface area contributed by atoms with Crippen LogP contribution in [-0.4, -0.2) is 43.8 Å². The molecule has 0 aromatic rings. The normalized spacial score (nSPS) is 37.8. The fourth-order valence-corrected chi connectivity index (χ4v) is 4.02. The molecule has 2 aliphatic heterocycles. The van der Waals surface area contributed by atoms with E-state index in [1.54, 1.807) is 7.11 Å². The van der Waals surface area contributed by atoms with Crippen LogP contribution in [0.15, 0.2) is 0 Å². The number of hydrogen-bond acceptors (Lipinski definition) is 4. The number of methoxy groups -OCH3 is 1.